The Morgan fingerprint density at radius 2 is 1.71 bits per heavy atom. The van der Waals surface area contributed by atoms with Crippen LogP contribution in [0.1, 0.15) is 40.9 Å². The lowest BCUT2D eigenvalue weighted by molar-refractivity contribution is -0.120. The number of morpholine rings is 1. The topological polar surface area (TPSA) is 58.6 Å². The van der Waals surface area contributed by atoms with E-state index in [1.165, 1.54) is 0 Å². The van der Waals surface area contributed by atoms with Gasteiger partial charge < -0.3 is 15.0 Å². The number of nitrogens with zero attached hydrogens (tertiary/aromatic N) is 1. The summed E-state index contributed by atoms with van der Waals surface area (Å²) in [7, 11) is 0. The third kappa shape index (κ3) is 5.42. The van der Waals surface area contributed by atoms with E-state index >= 15 is 0 Å². The van der Waals surface area contributed by atoms with Gasteiger partial charge in [0.25, 0.3) is 5.91 Å². The van der Waals surface area contributed by atoms with Crippen LogP contribution in [0.4, 0.5) is 0 Å². The van der Waals surface area contributed by atoms with Gasteiger partial charge in [-0.1, -0.05) is 42.0 Å². The number of carbonyl (C=O) groups is 2. The molecule has 148 valence electrons. The fraction of sp³-hybridized carbons (Fsp3) is 0.391. The molecule has 0 radical (unpaired) electrons. The first-order valence-corrected chi connectivity index (χ1v) is 9.76. The lowest BCUT2D eigenvalue weighted by Gasteiger charge is -2.35. The molecule has 1 aliphatic rings. The molecule has 1 aliphatic heterocycles. The highest BCUT2D eigenvalue weighted by Crippen LogP contribution is 2.15. The van der Waals surface area contributed by atoms with Crippen LogP contribution in [0.2, 0.25) is 0 Å². The van der Waals surface area contributed by atoms with Gasteiger partial charge in [0.15, 0.2) is 0 Å². The first-order valence-electron chi connectivity index (χ1n) is 9.76. The van der Waals surface area contributed by atoms with E-state index in [1.807, 2.05) is 74.2 Å². The van der Waals surface area contributed by atoms with Gasteiger partial charge in [0.2, 0.25) is 5.91 Å². The van der Waals surface area contributed by atoms with Crippen LogP contribution in [0, 0.1) is 6.92 Å². The van der Waals surface area contributed by atoms with Gasteiger partial charge in [0, 0.05) is 25.2 Å². The summed E-state index contributed by atoms with van der Waals surface area (Å²) in [5.41, 5.74) is 3.79. The molecular weight excluding hydrogens is 352 g/mol. The number of ether oxygens (including phenoxy) is 1. The van der Waals surface area contributed by atoms with Gasteiger partial charge >= 0.3 is 0 Å². The smallest absolute Gasteiger partial charge is 0.254 e. The maximum Gasteiger partial charge on any atom is 0.254 e. The van der Waals surface area contributed by atoms with Crippen LogP contribution >= 0.6 is 0 Å². The monoisotopic (exact) mass is 380 g/mol. The predicted molar refractivity (Wildman–Crippen MR) is 109 cm³/mol. The van der Waals surface area contributed by atoms with E-state index < -0.39 is 0 Å². The summed E-state index contributed by atoms with van der Waals surface area (Å²) >= 11 is 0. The zero-order chi connectivity index (χ0) is 20.1. The van der Waals surface area contributed by atoms with E-state index in [-0.39, 0.29) is 24.0 Å². The molecule has 2 atom stereocenters. The molecule has 1 N–H and O–H groups in total. The normalized spacial score (nSPS) is 19.3. The van der Waals surface area contributed by atoms with E-state index in [0.29, 0.717) is 31.6 Å². The molecule has 28 heavy (non-hydrogen) atoms. The van der Waals surface area contributed by atoms with Crippen molar-refractivity contribution >= 4 is 11.8 Å². The number of benzene rings is 2. The number of carbonyl (C=O) groups excluding carboxylic acids is 2. The second kappa shape index (κ2) is 9.02. The Balaban J connectivity index is 1.52. The average Bonchev–Trinajstić information content (AvgIpc) is 2.65. The third-order valence-electron chi connectivity index (χ3n) is 4.84. The molecule has 1 heterocycles. The highest BCUT2D eigenvalue weighted by Gasteiger charge is 2.26. The highest BCUT2D eigenvalue weighted by atomic mass is 16.5. The minimum Gasteiger partial charge on any atom is -0.372 e. The summed E-state index contributed by atoms with van der Waals surface area (Å²) in [6.07, 6.45) is 0.470. The van der Waals surface area contributed by atoms with Crippen LogP contribution in [-0.4, -0.2) is 42.0 Å². The number of amides is 2. The summed E-state index contributed by atoms with van der Waals surface area (Å²) in [5.74, 6) is 0.0130. The van der Waals surface area contributed by atoms with Gasteiger partial charge in [-0.25, -0.2) is 0 Å². The number of hydrogen-bond acceptors (Lipinski definition) is 3. The van der Waals surface area contributed by atoms with Gasteiger partial charge in [-0.15, -0.1) is 0 Å². The second-order valence-corrected chi connectivity index (χ2v) is 7.61. The molecule has 2 aromatic carbocycles. The third-order valence-corrected chi connectivity index (χ3v) is 4.84. The largest absolute Gasteiger partial charge is 0.372 e. The van der Waals surface area contributed by atoms with Gasteiger partial charge in [0.05, 0.1) is 18.6 Å². The van der Waals surface area contributed by atoms with Crippen LogP contribution in [0.15, 0.2) is 48.5 Å². The molecule has 0 spiro atoms. The van der Waals surface area contributed by atoms with Crippen molar-refractivity contribution in [3.05, 3.63) is 70.8 Å². The van der Waals surface area contributed by atoms with Crippen LogP contribution in [-0.2, 0) is 22.5 Å². The van der Waals surface area contributed by atoms with Crippen molar-refractivity contribution in [2.24, 2.45) is 0 Å². The highest BCUT2D eigenvalue weighted by molar-refractivity contribution is 5.94. The molecular formula is C23H28N2O3. The Bertz CT molecular complexity index is 822. The Hall–Kier alpha value is -2.66. The second-order valence-electron chi connectivity index (χ2n) is 7.61. The molecule has 0 bridgehead atoms. The minimum atomic E-state index is -0.0120. The molecule has 5 nitrogen and oxygen atoms in total. The standard InChI is InChI=1S/C23H28N2O3/c1-16-5-4-6-20(11-16)12-22(26)24-13-19-7-9-21(10-8-19)23(27)25-14-17(2)28-18(3)15-25/h4-11,17-18H,12-15H2,1-3H3,(H,24,26). The van der Waals surface area contributed by atoms with E-state index in [4.69, 9.17) is 4.74 Å². The lowest BCUT2D eigenvalue weighted by Crippen LogP contribution is -2.48. The Morgan fingerprint density at radius 1 is 1.04 bits per heavy atom. The first-order chi connectivity index (χ1) is 13.4. The van der Waals surface area contributed by atoms with Crippen LogP contribution < -0.4 is 5.32 Å². The van der Waals surface area contributed by atoms with Crippen LogP contribution in [0.3, 0.4) is 0 Å². The number of hydrogen-bond donors (Lipinski definition) is 1. The molecule has 2 unspecified atom stereocenters. The molecule has 0 aromatic heterocycles. The van der Waals surface area contributed by atoms with Gasteiger partial charge in [-0.05, 0) is 44.0 Å². The maximum absolute atomic E-state index is 12.7. The molecule has 3 rings (SSSR count). The van der Waals surface area contributed by atoms with Crippen molar-refractivity contribution in [1.82, 2.24) is 10.2 Å². The Kier molecular flexibility index (Phi) is 6.47. The minimum absolute atomic E-state index is 0.0120. The summed E-state index contributed by atoms with van der Waals surface area (Å²) < 4.78 is 5.69. The zero-order valence-corrected chi connectivity index (χ0v) is 16.8. The predicted octanol–water partition coefficient (Wildman–Crippen LogP) is 3.10. The maximum atomic E-state index is 12.7. The van der Waals surface area contributed by atoms with Crippen LogP contribution in [0.25, 0.3) is 0 Å². The molecule has 0 saturated carbocycles. The Morgan fingerprint density at radius 3 is 2.36 bits per heavy atom. The van der Waals surface area contributed by atoms with Gasteiger partial charge in [-0.3, -0.25) is 9.59 Å². The average molecular weight is 380 g/mol. The first kappa shape index (κ1) is 20.1. The van der Waals surface area contributed by atoms with Crippen molar-refractivity contribution in [3.8, 4) is 0 Å². The number of rotatable bonds is 5. The lowest BCUT2D eigenvalue weighted by atomic mass is 10.1. The molecule has 1 saturated heterocycles. The fourth-order valence-electron chi connectivity index (χ4n) is 3.56. The summed E-state index contributed by atoms with van der Waals surface area (Å²) in [4.78, 5) is 26.7. The van der Waals surface area contributed by atoms with Crippen molar-refractivity contribution in [2.45, 2.75) is 45.9 Å². The van der Waals surface area contributed by atoms with Crippen molar-refractivity contribution in [1.29, 1.82) is 0 Å². The fourth-order valence-corrected chi connectivity index (χ4v) is 3.56. The molecule has 2 aromatic rings. The summed E-state index contributed by atoms with van der Waals surface area (Å²) in [6, 6.07) is 15.4. The van der Waals surface area contributed by atoms with Crippen LogP contribution in [0.5, 0.6) is 0 Å². The molecule has 0 aliphatic carbocycles. The van der Waals surface area contributed by atoms with Crippen molar-refractivity contribution in [2.75, 3.05) is 13.1 Å². The van der Waals surface area contributed by atoms with E-state index in [1.54, 1.807) is 0 Å². The zero-order valence-electron chi connectivity index (χ0n) is 16.8. The Labute approximate surface area is 166 Å². The van der Waals surface area contributed by atoms with Gasteiger partial charge in [0.1, 0.15) is 0 Å². The summed E-state index contributed by atoms with van der Waals surface area (Å²) in [5, 5.41) is 2.94. The van der Waals surface area contributed by atoms with Crippen molar-refractivity contribution < 1.29 is 14.3 Å². The van der Waals surface area contributed by atoms with E-state index in [0.717, 1.165) is 16.7 Å². The molecule has 1 fully saturated rings. The number of aryl methyl sites for hydroxylation is 1. The number of nitrogens with one attached hydrogen (secondary N) is 1. The summed E-state index contributed by atoms with van der Waals surface area (Å²) in [6.45, 7) is 7.66. The van der Waals surface area contributed by atoms with Crippen molar-refractivity contribution in [3.63, 3.8) is 0 Å². The molecule has 2 amide bonds. The van der Waals surface area contributed by atoms with Gasteiger partial charge in [-0.2, -0.15) is 0 Å². The SMILES string of the molecule is Cc1cccc(CC(=O)NCc2ccc(C(=O)N3CC(C)OC(C)C3)cc2)c1. The quantitative estimate of drug-likeness (QED) is 0.867. The van der Waals surface area contributed by atoms with E-state index in [9.17, 15) is 9.59 Å². The molecule has 5 heteroatoms. The van der Waals surface area contributed by atoms with E-state index in [2.05, 4.69) is 5.32 Å².